The Kier molecular flexibility index (Phi) is 4.98. The first-order valence-electron chi connectivity index (χ1n) is 4.99. The molecule has 0 N–H and O–H groups in total. The molecule has 0 spiro atoms. The van der Waals surface area contributed by atoms with E-state index in [9.17, 15) is 13.6 Å². The lowest BCUT2D eigenvalue weighted by Gasteiger charge is -2.12. The third-order valence-corrected chi connectivity index (χ3v) is 2.43. The van der Waals surface area contributed by atoms with Gasteiger partial charge in [0.1, 0.15) is 11.8 Å². The van der Waals surface area contributed by atoms with Gasteiger partial charge in [0.05, 0.1) is 17.7 Å². The maximum atomic E-state index is 13.0. The number of ether oxygens (including phenoxy) is 1. The summed E-state index contributed by atoms with van der Waals surface area (Å²) in [7, 11) is 0. The summed E-state index contributed by atoms with van der Waals surface area (Å²) >= 11 is 5.57. The van der Waals surface area contributed by atoms with Gasteiger partial charge in [-0.15, -0.1) is 11.6 Å². The van der Waals surface area contributed by atoms with E-state index >= 15 is 0 Å². The molecular weight excluding hydrogens is 266 g/mol. The van der Waals surface area contributed by atoms with Crippen molar-refractivity contribution in [2.24, 2.45) is 0 Å². The monoisotopic (exact) mass is 274 g/mol. The quantitative estimate of drug-likeness (QED) is 0.625. The number of esters is 1. The average Bonchev–Trinajstić information content (AvgIpc) is 2.36. The van der Waals surface area contributed by atoms with Crippen molar-refractivity contribution < 1.29 is 18.3 Å². The largest absolute Gasteiger partial charge is 0.462 e. The molecule has 0 saturated carbocycles. The fourth-order valence-electron chi connectivity index (χ4n) is 1.42. The van der Waals surface area contributed by atoms with Gasteiger partial charge >= 0.3 is 5.97 Å². The Morgan fingerprint density at radius 2 is 2.33 bits per heavy atom. The number of carbonyl (C=O) groups excluding carboxylic acids is 1. The van der Waals surface area contributed by atoms with Crippen molar-refractivity contribution in [3.05, 3.63) is 28.6 Å². The smallest absolute Gasteiger partial charge is 0.339 e. The van der Waals surface area contributed by atoms with E-state index in [1.165, 1.54) is 6.07 Å². The van der Waals surface area contributed by atoms with Crippen LogP contribution in [0.1, 0.15) is 40.5 Å². The molecule has 1 heterocycles. The molecule has 0 atom stereocenters. The first-order chi connectivity index (χ1) is 8.56. The van der Waals surface area contributed by atoms with Gasteiger partial charge in [-0.1, -0.05) is 0 Å². The molecule has 0 fully saturated rings. The van der Waals surface area contributed by atoms with Crippen LogP contribution < -0.4 is 0 Å². The van der Waals surface area contributed by atoms with Crippen LogP contribution in [0.3, 0.4) is 0 Å². The van der Waals surface area contributed by atoms with E-state index in [4.69, 9.17) is 21.6 Å². The van der Waals surface area contributed by atoms with Gasteiger partial charge in [-0.25, -0.2) is 18.6 Å². The number of aromatic nitrogens is 1. The molecule has 0 aliphatic carbocycles. The maximum Gasteiger partial charge on any atom is 0.339 e. The van der Waals surface area contributed by atoms with Gasteiger partial charge in [-0.3, -0.25) is 0 Å². The second-order valence-electron chi connectivity index (χ2n) is 3.19. The van der Waals surface area contributed by atoms with Crippen LogP contribution in [0.5, 0.6) is 0 Å². The minimum Gasteiger partial charge on any atom is -0.462 e. The fourth-order valence-corrected chi connectivity index (χ4v) is 1.62. The van der Waals surface area contributed by atoms with Crippen molar-refractivity contribution in [3.8, 4) is 6.07 Å². The molecule has 4 nitrogen and oxygen atoms in total. The number of carbonyl (C=O) groups is 1. The van der Waals surface area contributed by atoms with Gasteiger partial charge in [0.15, 0.2) is 0 Å². The fraction of sp³-hybridized carbons (Fsp3) is 0.364. The lowest BCUT2D eigenvalue weighted by molar-refractivity contribution is 0.0514. The van der Waals surface area contributed by atoms with Gasteiger partial charge in [0.2, 0.25) is 0 Å². The van der Waals surface area contributed by atoms with E-state index in [2.05, 4.69) is 4.98 Å². The maximum absolute atomic E-state index is 13.0. The number of alkyl halides is 3. The Labute approximate surface area is 107 Å². The van der Waals surface area contributed by atoms with Crippen LogP contribution in [0.4, 0.5) is 8.78 Å². The Hall–Kier alpha value is -1.74. The lowest BCUT2D eigenvalue weighted by Crippen LogP contribution is -2.14. The molecule has 1 aromatic rings. The first kappa shape index (κ1) is 14.3. The van der Waals surface area contributed by atoms with E-state index in [1.54, 1.807) is 6.92 Å². The van der Waals surface area contributed by atoms with E-state index in [1.807, 2.05) is 0 Å². The highest BCUT2D eigenvalue weighted by molar-refractivity contribution is 6.17. The van der Waals surface area contributed by atoms with Crippen molar-refractivity contribution >= 4 is 17.6 Å². The number of rotatable bonds is 4. The molecule has 96 valence electrons. The molecule has 0 saturated heterocycles. The van der Waals surface area contributed by atoms with E-state index in [0.29, 0.717) is 0 Å². The van der Waals surface area contributed by atoms with Gasteiger partial charge in [0.25, 0.3) is 6.43 Å². The SMILES string of the molecule is CCOC(=O)c1c(CCl)cnc(C#N)c1C(F)F. The van der Waals surface area contributed by atoms with Gasteiger partial charge < -0.3 is 4.74 Å². The molecule has 0 aromatic carbocycles. The number of hydrogen-bond donors (Lipinski definition) is 0. The third kappa shape index (κ3) is 2.74. The number of nitriles is 1. The van der Waals surface area contributed by atoms with E-state index in [-0.39, 0.29) is 23.6 Å². The van der Waals surface area contributed by atoms with Gasteiger partial charge in [-0.2, -0.15) is 5.26 Å². The lowest BCUT2D eigenvalue weighted by atomic mass is 10.0. The molecule has 18 heavy (non-hydrogen) atoms. The Morgan fingerprint density at radius 1 is 1.67 bits per heavy atom. The molecule has 0 aliphatic rings. The van der Waals surface area contributed by atoms with Crippen LogP contribution in [0.15, 0.2) is 6.20 Å². The second-order valence-corrected chi connectivity index (χ2v) is 3.45. The van der Waals surface area contributed by atoms with Crippen LogP contribution >= 0.6 is 11.6 Å². The molecule has 0 radical (unpaired) electrons. The van der Waals surface area contributed by atoms with Crippen molar-refractivity contribution in [1.29, 1.82) is 5.26 Å². The molecule has 0 aliphatic heterocycles. The predicted molar refractivity (Wildman–Crippen MR) is 59.4 cm³/mol. The third-order valence-electron chi connectivity index (χ3n) is 2.14. The predicted octanol–water partition coefficient (Wildman–Crippen LogP) is 2.81. The summed E-state index contributed by atoms with van der Waals surface area (Å²) < 4.78 is 30.6. The molecule has 0 amide bonds. The van der Waals surface area contributed by atoms with Crippen LogP contribution in [-0.4, -0.2) is 17.6 Å². The van der Waals surface area contributed by atoms with Gasteiger partial charge in [0, 0.05) is 17.6 Å². The highest BCUT2D eigenvalue weighted by Crippen LogP contribution is 2.29. The Balaban J connectivity index is 3.51. The van der Waals surface area contributed by atoms with Crippen molar-refractivity contribution in [3.63, 3.8) is 0 Å². The van der Waals surface area contributed by atoms with Crippen LogP contribution in [0, 0.1) is 11.3 Å². The minimum absolute atomic E-state index is 0.0352. The topological polar surface area (TPSA) is 63.0 Å². The zero-order valence-corrected chi connectivity index (χ0v) is 10.2. The molecule has 1 aromatic heterocycles. The van der Waals surface area contributed by atoms with Crippen LogP contribution in [0.2, 0.25) is 0 Å². The van der Waals surface area contributed by atoms with E-state index < -0.39 is 23.7 Å². The number of pyridine rings is 1. The molecule has 0 unspecified atom stereocenters. The van der Waals surface area contributed by atoms with Crippen molar-refractivity contribution in [2.45, 2.75) is 19.2 Å². The van der Waals surface area contributed by atoms with Crippen molar-refractivity contribution in [1.82, 2.24) is 4.98 Å². The summed E-state index contributed by atoms with van der Waals surface area (Å²) in [5.74, 6) is -1.10. The van der Waals surface area contributed by atoms with Crippen LogP contribution in [0.25, 0.3) is 0 Å². The number of hydrogen-bond acceptors (Lipinski definition) is 4. The second kappa shape index (κ2) is 6.26. The van der Waals surface area contributed by atoms with Crippen molar-refractivity contribution in [2.75, 3.05) is 6.61 Å². The van der Waals surface area contributed by atoms with E-state index in [0.717, 1.165) is 6.20 Å². The molecule has 0 bridgehead atoms. The zero-order chi connectivity index (χ0) is 13.7. The summed E-state index contributed by atoms with van der Waals surface area (Å²) in [5.41, 5.74) is -1.48. The summed E-state index contributed by atoms with van der Waals surface area (Å²) in [4.78, 5) is 15.2. The first-order valence-corrected chi connectivity index (χ1v) is 5.53. The summed E-state index contributed by atoms with van der Waals surface area (Å²) in [5, 5.41) is 8.74. The van der Waals surface area contributed by atoms with Crippen LogP contribution in [-0.2, 0) is 10.6 Å². The van der Waals surface area contributed by atoms with Gasteiger partial charge in [-0.05, 0) is 6.92 Å². The average molecular weight is 275 g/mol. The zero-order valence-electron chi connectivity index (χ0n) is 9.41. The minimum atomic E-state index is -3.00. The number of nitrogens with zero attached hydrogens (tertiary/aromatic N) is 2. The Morgan fingerprint density at radius 3 is 2.78 bits per heavy atom. The highest BCUT2D eigenvalue weighted by atomic mass is 35.5. The molecule has 1 rings (SSSR count). The Bertz CT molecular complexity index is 501. The number of halogens is 3. The standard InChI is InChI=1S/C11H9ClF2N2O2/c1-2-18-11(17)8-6(3-12)5-16-7(4-15)9(8)10(13)14/h5,10H,2-3H2,1H3. The highest BCUT2D eigenvalue weighted by Gasteiger charge is 2.27. The molecule has 7 heteroatoms. The summed E-state index contributed by atoms with van der Waals surface area (Å²) in [6, 6.07) is 1.52. The summed E-state index contributed by atoms with van der Waals surface area (Å²) in [6.07, 6.45) is -1.88. The summed E-state index contributed by atoms with van der Waals surface area (Å²) in [6.45, 7) is 1.58. The normalized spacial score (nSPS) is 10.2. The molecular formula is C11H9ClF2N2O2.